The summed E-state index contributed by atoms with van der Waals surface area (Å²) in [5.41, 5.74) is 0.925. The maximum absolute atomic E-state index is 12.1. The third-order valence-corrected chi connectivity index (χ3v) is 5.23. The molecule has 2 aliphatic heterocycles. The molecule has 2 bridgehead atoms. The second-order valence-corrected chi connectivity index (χ2v) is 6.81. The summed E-state index contributed by atoms with van der Waals surface area (Å²) in [6, 6.07) is 10.7. The zero-order valence-corrected chi connectivity index (χ0v) is 13.2. The van der Waals surface area contributed by atoms with Crippen LogP contribution in [0.5, 0.6) is 0 Å². The standard InChI is InChI=1S/C18H22N2O2/c1-3-16(21)19-11-14-8-9-18(2,12-19)20(14)17-10-13-6-4-5-7-15(13)22-17/h4-7,10,14H,3,8-9,11-12H2,1-2H3. The number of carbonyl (C=O) groups is 1. The Morgan fingerprint density at radius 2 is 2.23 bits per heavy atom. The molecule has 2 saturated heterocycles. The van der Waals surface area contributed by atoms with Crippen molar-refractivity contribution in [3.8, 4) is 0 Å². The van der Waals surface area contributed by atoms with Gasteiger partial charge in [-0.2, -0.15) is 0 Å². The molecular formula is C18H22N2O2. The third kappa shape index (κ3) is 1.93. The number of nitrogens with zero attached hydrogens (tertiary/aromatic N) is 2. The van der Waals surface area contributed by atoms with Gasteiger partial charge < -0.3 is 14.2 Å². The largest absolute Gasteiger partial charge is 0.441 e. The molecule has 2 fully saturated rings. The van der Waals surface area contributed by atoms with Gasteiger partial charge in [-0.15, -0.1) is 0 Å². The quantitative estimate of drug-likeness (QED) is 0.852. The number of anilines is 1. The second-order valence-electron chi connectivity index (χ2n) is 6.81. The monoisotopic (exact) mass is 298 g/mol. The molecule has 4 nitrogen and oxygen atoms in total. The minimum Gasteiger partial charge on any atom is -0.441 e. The first kappa shape index (κ1) is 13.7. The van der Waals surface area contributed by atoms with E-state index in [1.807, 2.05) is 30.0 Å². The smallest absolute Gasteiger partial charge is 0.222 e. The number of rotatable bonds is 2. The molecule has 1 aromatic carbocycles. The molecule has 1 aromatic heterocycles. The van der Waals surface area contributed by atoms with Gasteiger partial charge in [0.05, 0.1) is 11.6 Å². The van der Waals surface area contributed by atoms with Crippen LogP contribution in [0.25, 0.3) is 11.0 Å². The first-order valence-electron chi connectivity index (χ1n) is 8.16. The lowest BCUT2D eigenvalue weighted by atomic mass is 9.97. The van der Waals surface area contributed by atoms with E-state index in [0.717, 1.165) is 42.8 Å². The summed E-state index contributed by atoms with van der Waals surface area (Å²) in [5, 5.41) is 1.15. The highest BCUT2D eigenvalue weighted by molar-refractivity contribution is 5.81. The van der Waals surface area contributed by atoms with Crippen LogP contribution in [-0.4, -0.2) is 35.5 Å². The van der Waals surface area contributed by atoms with E-state index >= 15 is 0 Å². The van der Waals surface area contributed by atoms with Crippen LogP contribution in [0.2, 0.25) is 0 Å². The van der Waals surface area contributed by atoms with Crippen LogP contribution in [-0.2, 0) is 4.79 Å². The number of fused-ring (bicyclic) bond motifs is 3. The molecule has 3 heterocycles. The van der Waals surface area contributed by atoms with Crippen molar-refractivity contribution in [2.45, 2.75) is 44.7 Å². The number of furan rings is 1. The SMILES string of the molecule is CCC(=O)N1CC2CCC(C)(C1)N2c1cc2ccccc2o1. The number of hydrogen-bond acceptors (Lipinski definition) is 3. The lowest BCUT2D eigenvalue weighted by Gasteiger charge is -2.47. The molecule has 4 rings (SSSR count). The van der Waals surface area contributed by atoms with E-state index in [1.54, 1.807) is 0 Å². The van der Waals surface area contributed by atoms with E-state index < -0.39 is 0 Å². The topological polar surface area (TPSA) is 36.7 Å². The fourth-order valence-corrected chi connectivity index (χ4v) is 4.17. The summed E-state index contributed by atoms with van der Waals surface area (Å²) in [6.45, 7) is 5.82. The highest BCUT2D eigenvalue weighted by Gasteiger charge is 2.50. The maximum atomic E-state index is 12.1. The molecule has 0 saturated carbocycles. The zero-order valence-electron chi connectivity index (χ0n) is 13.2. The average Bonchev–Trinajstić information content (AvgIpc) is 3.02. The van der Waals surface area contributed by atoms with E-state index in [2.05, 4.69) is 24.0 Å². The average molecular weight is 298 g/mol. The summed E-state index contributed by atoms with van der Waals surface area (Å²) < 4.78 is 6.10. The maximum Gasteiger partial charge on any atom is 0.222 e. The summed E-state index contributed by atoms with van der Waals surface area (Å²) in [7, 11) is 0. The molecule has 0 N–H and O–H groups in total. The predicted octanol–water partition coefficient (Wildman–Crippen LogP) is 3.41. The van der Waals surface area contributed by atoms with Gasteiger partial charge in [0.15, 0.2) is 5.88 Å². The van der Waals surface area contributed by atoms with E-state index in [1.165, 1.54) is 0 Å². The Kier molecular flexibility index (Phi) is 2.96. The summed E-state index contributed by atoms with van der Waals surface area (Å²) >= 11 is 0. The Hall–Kier alpha value is -1.97. The number of amides is 1. The van der Waals surface area contributed by atoms with E-state index in [4.69, 9.17) is 4.42 Å². The Morgan fingerprint density at radius 3 is 2.95 bits per heavy atom. The van der Waals surface area contributed by atoms with Crippen molar-refractivity contribution in [2.24, 2.45) is 0 Å². The Balaban J connectivity index is 1.70. The Labute approximate surface area is 130 Å². The molecule has 22 heavy (non-hydrogen) atoms. The van der Waals surface area contributed by atoms with Crippen LogP contribution < -0.4 is 4.90 Å². The Bertz CT molecular complexity index is 690. The fraction of sp³-hybridized carbons (Fsp3) is 0.500. The summed E-state index contributed by atoms with van der Waals surface area (Å²) in [5.74, 6) is 1.22. The lowest BCUT2D eigenvalue weighted by Crippen LogP contribution is -2.61. The van der Waals surface area contributed by atoms with Gasteiger partial charge in [0, 0.05) is 31.0 Å². The van der Waals surface area contributed by atoms with Gasteiger partial charge in [0.1, 0.15) is 5.58 Å². The number of carbonyl (C=O) groups excluding carboxylic acids is 1. The van der Waals surface area contributed by atoms with Crippen LogP contribution in [0.3, 0.4) is 0 Å². The van der Waals surface area contributed by atoms with Crippen LogP contribution in [0.1, 0.15) is 33.1 Å². The Morgan fingerprint density at radius 1 is 1.41 bits per heavy atom. The number of likely N-dealkylation sites (tertiary alicyclic amines) is 1. The van der Waals surface area contributed by atoms with Gasteiger partial charge in [0.2, 0.25) is 5.91 Å². The van der Waals surface area contributed by atoms with Crippen molar-refractivity contribution >= 4 is 22.8 Å². The number of piperazine rings is 1. The normalized spacial score (nSPS) is 27.6. The molecule has 0 aliphatic carbocycles. The van der Waals surface area contributed by atoms with Crippen LogP contribution in [0.15, 0.2) is 34.7 Å². The van der Waals surface area contributed by atoms with Crippen molar-refractivity contribution in [2.75, 3.05) is 18.0 Å². The van der Waals surface area contributed by atoms with Gasteiger partial charge in [-0.25, -0.2) is 0 Å². The molecule has 2 unspecified atom stereocenters. The first-order valence-corrected chi connectivity index (χ1v) is 8.16. The summed E-state index contributed by atoms with van der Waals surface area (Å²) in [6.07, 6.45) is 2.83. The number of benzene rings is 1. The van der Waals surface area contributed by atoms with Gasteiger partial charge in [-0.05, 0) is 25.8 Å². The molecule has 1 amide bonds. The minimum atomic E-state index is -0.0123. The molecule has 0 radical (unpaired) electrons. The van der Waals surface area contributed by atoms with Gasteiger partial charge in [0.25, 0.3) is 0 Å². The van der Waals surface area contributed by atoms with Gasteiger partial charge in [-0.3, -0.25) is 4.79 Å². The highest BCUT2D eigenvalue weighted by Crippen LogP contribution is 2.43. The van der Waals surface area contributed by atoms with Crippen molar-refractivity contribution < 1.29 is 9.21 Å². The molecule has 116 valence electrons. The minimum absolute atomic E-state index is 0.0123. The predicted molar refractivity (Wildman–Crippen MR) is 87.0 cm³/mol. The second kappa shape index (κ2) is 4.77. The van der Waals surface area contributed by atoms with Crippen molar-refractivity contribution in [1.82, 2.24) is 4.90 Å². The zero-order chi connectivity index (χ0) is 15.3. The molecule has 2 atom stereocenters. The van der Waals surface area contributed by atoms with E-state index in [9.17, 15) is 4.79 Å². The van der Waals surface area contributed by atoms with Crippen molar-refractivity contribution in [3.05, 3.63) is 30.3 Å². The number of hydrogen-bond donors (Lipinski definition) is 0. The third-order valence-electron chi connectivity index (χ3n) is 5.23. The summed E-state index contributed by atoms with van der Waals surface area (Å²) in [4.78, 5) is 16.6. The molecule has 0 spiro atoms. The van der Waals surface area contributed by atoms with E-state index in [-0.39, 0.29) is 11.4 Å². The fourth-order valence-electron chi connectivity index (χ4n) is 4.17. The number of para-hydroxylation sites is 1. The van der Waals surface area contributed by atoms with Crippen LogP contribution in [0.4, 0.5) is 5.88 Å². The molecule has 4 heteroatoms. The molecule has 2 aliphatic rings. The van der Waals surface area contributed by atoms with Crippen LogP contribution >= 0.6 is 0 Å². The highest BCUT2D eigenvalue weighted by atomic mass is 16.4. The van der Waals surface area contributed by atoms with Crippen molar-refractivity contribution in [1.29, 1.82) is 0 Å². The molecule has 2 aromatic rings. The van der Waals surface area contributed by atoms with Gasteiger partial charge in [-0.1, -0.05) is 25.1 Å². The van der Waals surface area contributed by atoms with Gasteiger partial charge >= 0.3 is 0 Å². The molecular weight excluding hydrogens is 276 g/mol. The van der Waals surface area contributed by atoms with Crippen molar-refractivity contribution in [3.63, 3.8) is 0 Å². The van der Waals surface area contributed by atoms with E-state index in [0.29, 0.717) is 12.5 Å². The van der Waals surface area contributed by atoms with Crippen LogP contribution in [0, 0.1) is 0 Å². The first-order chi connectivity index (χ1) is 10.6. The lowest BCUT2D eigenvalue weighted by molar-refractivity contribution is -0.132.